The number of likely N-dealkylation sites (tertiary alicyclic amines) is 1. The lowest BCUT2D eigenvalue weighted by molar-refractivity contribution is -0.385. The van der Waals surface area contributed by atoms with Crippen LogP contribution in [0.1, 0.15) is 38.2 Å². The normalized spacial score (nSPS) is 15.8. The third-order valence-electron chi connectivity index (χ3n) is 3.84. The van der Waals surface area contributed by atoms with Crippen molar-refractivity contribution < 1.29 is 14.5 Å². The number of carbonyl (C=O) groups is 2. The first-order valence-electron chi connectivity index (χ1n) is 7.83. The third kappa shape index (κ3) is 4.61. The quantitative estimate of drug-likeness (QED) is 0.504. The second kappa shape index (κ2) is 8.19. The Balaban J connectivity index is 2.00. The van der Waals surface area contributed by atoms with E-state index in [2.05, 4.69) is 10.5 Å². The molecule has 0 aromatic heterocycles. The molecule has 1 aromatic carbocycles. The summed E-state index contributed by atoms with van der Waals surface area (Å²) < 4.78 is 0. The number of carbonyl (C=O) groups excluding carboxylic acids is 2. The van der Waals surface area contributed by atoms with Crippen molar-refractivity contribution in [3.05, 3.63) is 39.9 Å². The van der Waals surface area contributed by atoms with Gasteiger partial charge in [0.1, 0.15) is 6.54 Å². The summed E-state index contributed by atoms with van der Waals surface area (Å²) in [5.41, 5.74) is 2.97. The predicted molar refractivity (Wildman–Crippen MR) is 88.5 cm³/mol. The number of nitrogens with one attached hydrogen (secondary N) is 1. The van der Waals surface area contributed by atoms with Crippen molar-refractivity contribution in [1.29, 1.82) is 0 Å². The molecule has 8 heteroatoms. The number of hydrogen-bond acceptors (Lipinski definition) is 5. The van der Waals surface area contributed by atoms with Crippen LogP contribution in [0.15, 0.2) is 29.4 Å². The van der Waals surface area contributed by atoms with Crippen LogP contribution in [0.5, 0.6) is 0 Å². The van der Waals surface area contributed by atoms with E-state index in [0.717, 1.165) is 19.3 Å². The average molecular weight is 332 g/mol. The van der Waals surface area contributed by atoms with Crippen molar-refractivity contribution in [2.45, 2.75) is 32.6 Å². The number of benzene rings is 1. The molecule has 2 amide bonds. The van der Waals surface area contributed by atoms with E-state index in [0.29, 0.717) is 24.2 Å². The predicted octanol–water partition coefficient (Wildman–Crippen LogP) is 1.84. The molecule has 0 atom stereocenters. The van der Waals surface area contributed by atoms with E-state index in [1.54, 1.807) is 25.1 Å². The minimum Gasteiger partial charge on any atom is -0.333 e. The molecule has 2 rings (SSSR count). The maximum Gasteiger partial charge on any atom is 0.278 e. The topological polar surface area (TPSA) is 105 Å². The zero-order chi connectivity index (χ0) is 17.5. The van der Waals surface area contributed by atoms with Crippen LogP contribution in [-0.4, -0.2) is 40.4 Å². The van der Waals surface area contributed by atoms with Crippen LogP contribution in [0.3, 0.4) is 0 Å². The van der Waals surface area contributed by atoms with Crippen LogP contribution in [-0.2, 0) is 9.59 Å². The van der Waals surface area contributed by atoms with Crippen molar-refractivity contribution in [3.8, 4) is 0 Å². The molecule has 1 aliphatic rings. The van der Waals surface area contributed by atoms with Gasteiger partial charge in [-0.05, 0) is 25.8 Å². The van der Waals surface area contributed by atoms with Crippen LogP contribution in [0, 0.1) is 10.1 Å². The molecule has 1 saturated heterocycles. The first kappa shape index (κ1) is 17.6. The Morgan fingerprint density at radius 1 is 1.33 bits per heavy atom. The van der Waals surface area contributed by atoms with E-state index in [9.17, 15) is 19.7 Å². The number of para-hydroxylation sites is 1. The van der Waals surface area contributed by atoms with Crippen molar-refractivity contribution in [3.63, 3.8) is 0 Å². The van der Waals surface area contributed by atoms with Gasteiger partial charge in [0.15, 0.2) is 0 Å². The first-order chi connectivity index (χ1) is 11.5. The summed E-state index contributed by atoms with van der Waals surface area (Å²) in [5.74, 6) is -0.440. The molecule has 8 nitrogen and oxygen atoms in total. The van der Waals surface area contributed by atoms with Crippen molar-refractivity contribution in [2.24, 2.45) is 5.10 Å². The molecule has 0 spiro atoms. The second-order valence-corrected chi connectivity index (χ2v) is 5.63. The molecule has 0 bridgehead atoms. The maximum atomic E-state index is 12.0. The van der Waals surface area contributed by atoms with Crippen LogP contribution in [0.2, 0.25) is 0 Å². The van der Waals surface area contributed by atoms with E-state index in [1.165, 1.54) is 11.0 Å². The molecular weight excluding hydrogens is 312 g/mol. The van der Waals surface area contributed by atoms with Gasteiger partial charge in [-0.15, -0.1) is 0 Å². The number of nitro groups is 1. The Morgan fingerprint density at radius 3 is 2.83 bits per heavy atom. The lowest BCUT2D eigenvalue weighted by Crippen LogP contribution is -2.39. The van der Waals surface area contributed by atoms with Crippen molar-refractivity contribution in [2.75, 3.05) is 13.1 Å². The van der Waals surface area contributed by atoms with Gasteiger partial charge in [-0.2, -0.15) is 5.10 Å². The lowest BCUT2D eigenvalue weighted by atomic mass is 10.1. The fraction of sp³-hybridized carbons (Fsp3) is 0.438. The van der Waals surface area contributed by atoms with Gasteiger partial charge in [-0.25, -0.2) is 5.43 Å². The van der Waals surface area contributed by atoms with E-state index in [1.807, 2.05) is 0 Å². The summed E-state index contributed by atoms with van der Waals surface area (Å²) >= 11 is 0. The molecule has 1 fully saturated rings. The second-order valence-electron chi connectivity index (χ2n) is 5.63. The molecule has 0 saturated carbocycles. The van der Waals surface area contributed by atoms with E-state index < -0.39 is 10.8 Å². The highest BCUT2D eigenvalue weighted by atomic mass is 16.6. The van der Waals surface area contributed by atoms with Gasteiger partial charge in [0.2, 0.25) is 5.91 Å². The summed E-state index contributed by atoms with van der Waals surface area (Å²) in [6.07, 6.45) is 3.19. The van der Waals surface area contributed by atoms with Crippen LogP contribution < -0.4 is 5.43 Å². The molecule has 1 N–H and O–H groups in total. The average Bonchev–Trinajstić information content (AvgIpc) is 2.77. The van der Waals surface area contributed by atoms with Gasteiger partial charge >= 0.3 is 0 Å². The monoisotopic (exact) mass is 332 g/mol. The zero-order valence-corrected chi connectivity index (χ0v) is 13.5. The Labute approximate surface area is 139 Å². The summed E-state index contributed by atoms with van der Waals surface area (Å²) in [7, 11) is 0. The van der Waals surface area contributed by atoms with Gasteiger partial charge < -0.3 is 4.90 Å². The molecular formula is C16H20N4O4. The maximum absolute atomic E-state index is 12.0. The minimum absolute atomic E-state index is 0.0259. The van der Waals surface area contributed by atoms with E-state index in [4.69, 9.17) is 0 Å². The number of hydrogen-bond donors (Lipinski definition) is 1. The van der Waals surface area contributed by atoms with Gasteiger partial charge in [0.25, 0.3) is 11.6 Å². The number of rotatable bonds is 5. The molecule has 1 aromatic rings. The largest absolute Gasteiger partial charge is 0.333 e. The molecule has 1 aliphatic heterocycles. The van der Waals surface area contributed by atoms with Gasteiger partial charge in [0, 0.05) is 19.0 Å². The van der Waals surface area contributed by atoms with Crippen LogP contribution in [0.25, 0.3) is 0 Å². The fourth-order valence-corrected chi connectivity index (χ4v) is 2.56. The minimum atomic E-state index is -0.494. The number of nitro benzene ring substituents is 1. The SMILES string of the molecule is C/C(=N/NC(=O)CN1CCCCCC1=O)c1ccccc1[N+](=O)[O-]. The molecule has 1 heterocycles. The van der Waals surface area contributed by atoms with Gasteiger partial charge in [0.05, 0.1) is 16.2 Å². The number of amides is 2. The molecule has 128 valence electrons. The van der Waals surface area contributed by atoms with Crippen molar-refractivity contribution >= 4 is 23.2 Å². The lowest BCUT2D eigenvalue weighted by Gasteiger charge is -2.19. The molecule has 24 heavy (non-hydrogen) atoms. The van der Waals surface area contributed by atoms with E-state index in [-0.39, 0.29) is 18.1 Å². The third-order valence-corrected chi connectivity index (χ3v) is 3.84. The molecule has 0 aliphatic carbocycles. The highest BCUT2D eigenvalue weighted by molar-refractivity contribution is 6.02. The molecule has 0 radical (unpaired) electrons. The first-order valence-corrected chi connectivity index (χ1v) is 7.83. The van der Waals surface area contributed by atoms with Gasteiger partial charge in [-0.1, -0.05) is 18.6 Å². The van der Waals surface area contributed by atoms with Crippen LogP contribution in [0.4, 0.5) is 5.69 Å². The number of hydrazone groups is 1. The highest BCUT2D eigenvalue weighted by Crippen LogP contribution is 2.18. The highest BCUT2D eigenvalue weighted by Gasteiger charge is 2.19. The van der Waals surface area contributed by atoms with E-state index >= 15 is 0 Å². The van der Waals surface area contributed by atoms with Gasteiger partial charge in [-0.3, -0.25) is 19.7 Å². The smallest absolute Gasteiger partial charge is 0.278 e. The summed E-state index contributed by atoms with van der Waals surface area (Å²) in [4.78, 5) is 35.9. The Morgan fingerprint density at radius 2 is 2.08 bits per heavy atom. The Kier molecular flexibility index (Phi) is 6.00. The molecule has 0 unspecified atom stereocenters. The fourth-order valence-electron chi connectivity index (χ4n) is 2.56. The zero-order valence-electron chi connectivity index (χ0n) is 13.5. The Bertz CT molecular complexity index is 672. The summed E-state index contributed by atoms with van der Waals surface area (Å²) in [6, 6.07) is 6.19. The summed E-state index contributed by atoms with van der Waals surface area (Å²) in [5, 5.41) is 14.9. The summed E-state index contributed by atoms with van der Waals surface area (Å²) in [6.45, 7) is 2.10. The Hall–Kier alpha value is -2.77. The van der Waals surface area contributed by atoms with Crippen molar-refractivity contribution in [1.82, 2.24) is 10.3 Å². The standard InChI is InChI=1S/C16H20N4O4/c1-12(13-7-4-5-8-14(13)20(23)24)17-18-15(21)11-19-10-6-2-3-9-16(19)22/h4-5,7-8H,2-3,6,9-11H2,1H3,(H,18,21)/b17-12-. The number of nitrogens with zero attached hydrogens (tertiary/aromatic N) is 3. The van der Waals surface area contributed by atoms with Crippen LogP contribution >= 0.6 is 0 Å².